The number of hydrogen-bond acceptors (Lipinski definition) is 6. The summed E-state index contributed by atoms with van der Waals surface area (Å²) >= 11 is 0. The average Bonchev–Trinajstić information content (AvgIpc) is 2.38. The predicted molar refractivity (Wildman–Crippen MR) is 70.0 cm³/mol. The summed E-state index contributed by atoms with van der Waals surface area (Å²) in [4.78, 5) is 1.54. The molecule has 0 aromatic heterocycles. The molecule has 0 amide bonds. The van der Waals surface area contributed by atoms with Crippen LogP contribution in [0.3, 0.4) is 0 Å². The molecule has 1 aromatic carbocycles. The minimum Gasteiger partial charge on any atom is -0.489 e. The lowest BCUT2D eigenvalue weighted by Crippen LogP contribution is -2.36. The van der Waals surface area contributed by atoms with Gasteiger partial charge in [-0.15, -0.1) is 0 Å². The fraction of sp³-hybridized carbons (Fsp3) is 0.385. The largest absolute Gasteiger partial charge is 0.489 e. The van der Waals surface area contributed by atoms with Gasteiger partial charge in [0, 0.05) is 6.54 Å². The van der Waals surface area contributed by atoms with Crippen molar-refractivity contribution in [1.82, 2.24) is 4.90 Å². The summed E-state index contributed by atoms with van der Waals surface area (Å²) in [6.45, 7) is 0.450. The van der Waals surface area contributed by atoms with E-state index in [2.05, 4.69) is 0 Å². The zero-order valence-electron chi connectivity index (χ0n) is 10.5. The minimum absolute atomic E-state index is 0.0571. The molecule has 0 aliphatic carbocycles. The summed E-state index contributed by atoms with van der Waals surface area (Å²) in [7, 11) is 0. The number of nitrogens with zero attached hydrogens (tertiary/aromatic N) is 3. The molecule has 0 aliphatic rings. The molecule has 19 heavy (non-hydrogen) atoms. The quantitative estimate of drug-likeness (QED) is 0.541. The van der Waals surface area contributed by atoms with Gasteiger partial charge in [-0.05, 0) is 12.1 Å². The molecule has 0 saturated heterocycles. The van der Waals surface area contributed by atoms with E-state index in [9.17, 15) is 5.11 Å². The maximum absolute atomic E-state index is 9.80. The van der Waals surface area contributed by atoms with Crippen LogP contribution in [0.2, 0.25) is 0 Å². The number of benzene rings is 1. The summed E-state index contributed by atoms with van der Waals surface area (Å²) in [6, 6.07) is 10.9. The number of aliphatic hydroxyl groups excluding tert-OH is 1. The highest BCUT2D eigenvalue weighted by Gasteiger charge is 2.12. The lowest BCUT2D eigenvalue weighted by Gasteiger charge is -2.20. The standard InChI is InChI=1S/C13H16N4O2/c14-5-7-17(8-6-15)9-11(18)10-19-13-4-2-1-3-12(13)16/h1-4,11,18H,7-10,16H2. The highest BCUT2D eigenvalue weighted by molar-refractivity contribution is 5.51. The Balaban J connectivity index is 2.43. The molecular formula is C13H16N4O2. The summed E-state index contributed by atoms with van der Waals surface area (Å²) < 4.78 is 5.39. The third kappa shape index (κ3) is 5.26. The van der Waals surface area contributed by atoms with E-state index in [-0.39, 0.29) is 26.2 Å². The van der Waals surface area contributed by atoms with Crippen LogP contribution >= 0.6 is 0 Å². The zero-order chi connectivity index (χ0) is 14.1. The molecule has 1 aromatic rings. The second-order valence-electron chi connectivity index (χ2n) is 3.99. The van der Waals surface area contributed by atoms with Crippen LogP contribution in [0.1, 0.15) is 0 Å². The van der Waals surface area contributed by atoms with Crippen LogP contribution in [0.15, 0.2) is 24.3 Å². The van der Waals surface area contributed by atoms with E-state index in [1.54, 1.807) is 29.2 Å². The van der Waals surface area contributed by atoms with Crippen molar-refractivity contribution in [3.8, 4) is 17.9 Å². The molecule has 100 valence electrons. The molecule has 6 nitrogen and oxygen atoms in total. The Kier molecular flexibility index (Phi) is 6.17. The second-order valence-corrected chi connectivity index (χ2v) is 3.99. The summed E-state index contributed by atoms with van der Waals surface area (Å²) in [5, 5.41) is 27.0. The second kappa shape index (κ2) is 7.93. The molecule has 0 fully saturated rings. The minimum atomic E-state index is -0.790. The Labute approximate surface area is 112 Å². The van der Waals surface area contributed by atoms with E-state index in [0.29, 0.717) is 11.4 Å². The lowest BCUT2D eigenvalue weighted by molar-refractivity contribution is 0.0766. The molecule has 0 aliphatic heterocycles. The molecular weight excluding hydrogens is 244 g/mol. The first-order valence-corrected chi connectivity index (χ1v) is 5.79. The average molecular weight is 260 g/mol. The molecule has 3 N–H and O–H groups in total. The molecule has 1 atom stereocenters. The number of nitriles is 2. The van der Waals surface area contributed by atoms with Gasteiger partial charge in [0.1, 0.15) is 18.5 Å². The van der Waals surface area contributed by atoms with Gasteiger partial charge in [-0.25, -0.2) is 0 Å². The Bertz CT molecular complexity index is 462. The van der Waals surface area contributed by atoms with E-state index >= 15 is 0 Å². The van der Waals surface area contributed by atoms with Crippen LogP contribution in [0.5, 0.6) is 5.75 Å². The summed E-state index contributed by atoms with van der Waals surface area (Å²) in [5.74, 6) is 0.508. The normalized spacial score (nSPS) is 11.6. The van der Waals surface area contributed by atoms with Crippen molar-refractivity contribution < 1.29 is 9.84 Å². The van der Waals surface area contributed by atoms with Gasteiger partial charge in [-0.1, -0.05) is 12.1 Å². The molecule has 0 bridgehead atoms. The number of ether oxygens (including phenoxy) is 1. The monoisotopic (exact) mass is 260 g/mol. The number of aliphatic hydroxyl groups is 1. The first-order valence-electron chi connectivity index (χ1n) is 5.79. The van der Waals surface area contributed by atoms with Gasteiger partial charge < -0.3 is 15.6 Å². The van der Waals surface area contributed by atoms with Crippen molar-refractivity contribution >= 4 is 5.69 Å². The van der Waals surface area contributed by atoms with Crippen LogP contribution in [-0.2, 0) is 0 Å². The SMILES string of the molecule is N#CCN(CC#N)CC(O)COc1ccccc1N. The van der Waals surface area contributed by atoms with Crippen molar-refractivity contribution in [3.05, 3.63) is 24.3 Å². The van der Waals surface area contributed by atoms with Crippen molar-refractivity contribution in [3.63, 3.8) is 0 Å². The third-order valence-electron chi connectivity index (χ3n) is 2.41. The lowest BCUT2D eigenvalue weighted by atomic mass is 10.3. The topological polar surface area (TPSA) is 106 Å². The molecule has 0 radical (unpaired) electrons. The maximum atomic E-state index is 9.80. The molecule has 0 saturated carbocycles. The van der Waals surface area contributed by atoms with Gasteiger partial charge in [0.15, 0.2) is 0 Å². The number of nitrogens with two attached hydrogens (primary N) is 1. The van der Waals surface area contributed by atoms with Crippen molar-refractivity contribution in [1.29, 1.82) is 10.5 Å². The van der Waals surface area contributed by atoms with Crippen molar-refractivity contribution in [2.24, 2.45) is 0 Å². The highest BCUT2D eigenvalue weighted by atomic mass is 16.5. The van der Waals surface area contributed by atoms with Gasteiger partial charge in [-0.3, -0.25) is 4.90 Å². The summed E-state index contributed by atoms with van der Waals surface area (Å²) in [5.41, 5.74) is 6.20. The zero-order valence-corrected chi connectivity index (χ0v) is 10.5. The number of anilines is 1. The number of rotatable bonds is 7. The smallest absolute Gasteiger partial charge is 0.142 e. The Hall–Kier alpha value is -2.28. The van der Waals surface area contributed by atoms with Crippen molar-refractivity contribution in [2.45, 2.75) is 6.10 Å². The Morgan fingerprint density at radius 3 is 2.47 bits per heavy atom. The predicted octanol–water partition coefficient (Wildman–Crippen LogP) is 0.358. The summed E-state index contributed by atoms with van der Waals surface area (Å²) in [6.07, 6.45) is -0.790. The fourth-order valence-corrected chi connectivity index (χ4v) is 1.53. The van der Waals surface area contributed by atoms with Gasteiger partial charge in [0.05, 0.1) is 30.9 Å². The third-order valence-corrected chi connectivity index (χ3v) is 2.41. The molecule has 0 heterocycles. The maximum Gasteiger partial charge on any atom is 0.142 e. The van der Waals surface area contributed by atoms with E-state index in [0.717, 1.165) is 0 Å². The fourth-order valence-electron chi connectivity index (χ4n) is 1.53. The van der Waals surface area contributed by atoms with Crippen molar-refractivity contribution in [2.75, 3.05) is 32.0 Å². The van der Waals surface area contributed by atoms with Crippen LogP contribution in [0.25, 0.3) is 0 Å². The Morgan fingerprint density at radius 1 is 1.26 bits per heavy atom. The first kappa shape index (κ1) is 14.8. The first-order chi connectivity index (χ1) is 9.17. The highest BCUT2D eigenvalue weighted by Crippen LogP contribution is 2.19. The van der Waals surface area contributed by atoms with E-state index in [4.69, 9.17) is 21.0 Å². The van der Waals surface area contributed by atoms with Crippen LogP contribution in [-0.4, -0.2) is 42.4 Å². The molecule has 0 spiro atoms. The van der Waals surface area contributed by atoms with E-state index in [1.807, 2.05) is 12.1 Å². The molecule has 6 heteroatoms. The Morgan fingerprint density at radius 2 is 1.89 bits per heavy atom. The molecule has 1 rings (SSSR count). The van der Waals surface area contributed by atoms with Crippen LogP contribution in [0.4, 0.5) is 5.69 Å². The number of hydrogen-bond donors (Lipinski definition) is 2. The van der Waals surface area contributed by atoms with Gasteiger partial charge in [0.2, 0.25) is 0 Å². The number of nitrogen functional groups attached to an aromatic ring is 1. The van der Waals surface area contributed by atoms with Gasteiger partial charge in [-0.2, -0.15) is 10.5 Å². The van der Waals surface area contributed by atoms with E-state index < -0.39 is 6.10 Å². The number of para-hydroxylation sites is 2. The molecule has 1 unspecified atom stereocenters. The van der Waals surface area contributed by atoms with Crippen LogP contribution < -0.4 is 10.5 Å². The van der Waals surface area contributed by atoms with E-state index in [1.165, 1.54) is 0 Å². The van der Waals surface area contributed by atoms with Gasteiger partial charge >= 0.3 is 0 Å². The van der Waals surface area contributed by atoms with Crippen LogP contribution in [0, 0.1) is 22.7 Å². The van der Waals surface area contributed by atoms with Gasteiger partial charge in [0.25, 0.3) is 0 Å².